The fourth-order valence-electron chi connectivity index (χ4n) is 1.15. The number of benzene rings is 1. The summed E-state index contributed by atoms with van der Waals surface area (Å²) in [5, 5.41) is 6.94. The molecule has 0 amide bonds. The number of H-pyrrole nitrogens is 1. The Hall–Kier alpha value is -0.980. The van der Waals surface area contributed by atoms with E-state index in [4.69, 9.17) is 0 Å². The number of carbonyl (C=O) groups excluding carboxylic acids is 1. The van der Waals surface area contributed by atoms with Crippen molar-refractivity contribution in [3.63, 3.8) is 0 Å². The lowest BCUT2D eigenvalue weighted by molar-refractivity contribution is 0.112. The molecule has 0 saturated carbocycles. The van der Waals surface area contributed by atoms with Gasteiger partial charge in [-0.3, -0.25) is 9.89 Å². The lowest BCUT2D eigenvalue weighted by atomic mass is 10.2. The smallest absolute Gasteiger partial charge is 0.150 e. The predicted molar refractivity (Wildman–Crippen MR) is 54.2 cm³/mol. The number of carbonyl (C=O) groups is 1. The summed E-state index contributed by atoms with van der Waals surface area (Å²) in [6, 6.07) is 2.75. The highest BCUT2D eigenvalue weighted by Crippen LogP contribution is 2.21. The van der Waals surface area contributed by atoms with Crippen LogP contribution in [0.4, 0.5) is 4.39 Å². The van der Waals surface area contributed by atoms with Crippen molar-refractivity contribution >= 4 is 39.8 Å². The Morgan fingerprint density at radius 3 is 3.00 bits per heavy atom. The fraction of sp³-hybridized carbons (Fsp3) is 0. The summed E-state index contributed by atoms with van der Waals surface area (Å²) in [5.41, 5.74) is 0.777. The Balaban J connectivity index is 2.86. The number of hydrogen-bond acceptors (Lipinski definition) is 2. The van der Waals surface area contributed by atoms with E-state index < -0.39 is 5.82 Å². The Morgan fingerprint density at radius 1 is 1.54 bits per heavy atom. The number of nitrogens with one attached hydrogen (secondary N) is 1. The molecule has 1 aromatic carbocycles. The van der Waals surface area contributed by atoms with E-state index in [-0.39, 0.29) is 0 Å². The third kappa shape index (κ3) is 1.32. The quantitative estimate of drug-likeness (QED) is 0.646. The van der Waals surface area contributed by atoms with Gasteiger partial charge in [-0.25, -0.2) is 4.39 Å². The molecule has 0 atom stereocenters. The summed E-state index contributed by atoms with van der Waals surface area (Å²) in [4.78, 5) is 10.4. The SMILES string of the molecule is O=Cc1cc(F)c2c(I)[nH]nc2c1. The maximum Gasteiger partial charge on any atom is 0.150 e. The summed E-state index contributed by atoms with van der Waals surface area (Å²) < 4.78 is 13.9. The van der Waals surface area contributed by atoms with Crippen molar-refractivity contribution in [3.8, 4) is 0 Å². The number of fused-ring (bicyclic) bond motifs is 1. The normalized spacial score (nSPS) is 10.6. The van der Waals surface area contributed by atoms with Gasteiger partial charge in [0.2, 0.25) is 0 Å². The molecular formula is C8H4FIN2O. The number of halogens is 2. The van der Waals surface area contributed by atoms with Crippen LogP contribution in [0.25, 0.3) is 10.9 Å². The van der Waals surface area contributed by atoms with Crippen LogP contribution in [0.1, 0.15) is 10.4 Å². The number of nitrogens with zero attached hydrogens (tertiary/aromatic N) is 1. The standard InChI is InChI=1S/C8H4FIN2O/c9-5-1-4(3-13)2-6-7(5)8(10)12-11-6/h1-3H,(H,11,12). The van der Waals surface area contributed by atoms with Gasteiger partial charge in [0.15, 0.2) is 0 Å². The third-order valence-corrected chi connectivity index (χ3v) is 2.50. The predicted octanol–water partition coefficient (Wildman–Crippen LogP) is 2.12. The van der Waals surface area contributed by atoms with Gasteiger partial charge in [-0.15, -0.1) is 0 Å². The third-order valence-electron chi connectivity index (χ3n) is 1.72. The van der Waals surface area contributed by atoms with E-state index in [9.17, 15) is 9.18 Å². The zero-order chi connectivity index (χ0) is 9.42. The molecule has 0 radical (unpaired) electrons. The van der Waals surface area contributed by atoms with Crippen LogP contribution in [-0.2, 0) is 0 Å². The molecule has 2 rings (SSSR count). The molecule has 0 aliphatic rings. The molecule has 66 valence electrons. The number of aldehydes is 1. The first-order valence-electron chi connectivity index (χ1n) is 3.50. The second-order valence-corrected chi connectivity index (χ2v) is 3.63. The van der Waals surface area contributed by atoms with Crippen LogP contribution in [0.2, 0.25) is 0 Å². The van der Waals surface area contributed by atoms with Gasteiger partial charge in [-0.05, 0) is 34.7 Å². The lowest BCUT2D eigenvalue weighted by Gasteiger charge is -1.93. The Labute approximate surface area is 86.5 Å². The molecule has 0 spiro atoms. The minimum atomic E-state index is -0.419. The maximum absolute atomic E-state index is 13.3. The highest BCUT2D eigenvalue weighted by Gasteiger charge is 2.09. The summed E-state index contributed by atoms with van der Waals surface area (Å²) in [5.74, 6) is -0.419. The molecule has 0 saturated heterocycles. The molecule has 1 heterocycles. The van der Waals surface area contributed by atoms with E-state index in [0.29, 0.717) is 26.5 Å². The van der Waals surface area contributed by atoms with Crippen molar-refractivity contribution in [2.24, 2.45) is 0 Å². The van der Waals surface area contributed by atoms with Crippen molar-refractivity contribution in [2.45, 2.75) is 0 Å². The topological polar surface area (TPSA) is 45.8 Å². The van der Waals surface area contributed by atoms with Crippen molar-refractivity contribution in [1.29, 1.82) is 0 Å². The van der Waals surface area contributed by atoms with Crippen molar-refractivity contribution in [2.75, 3.05) is 0 Å². The van der Waals surface area contributed by atoms with Crippen molar-refractivity contribution in [1.82, 2.24) is 10.2 Å². The minimum absolute atomic E-state index is 0.299. The van der Waals surface area contributed by atoms with Crippen LogP contribution in [0.15, 0.2) is 12.1 Å². The molecule has 0 bridgehead atoms. The van der Waals surface area contributed by atoms with E-state index in [0.717, 1.165) is 0 Å². The van der Waals surface area contributed by atoms with Gasteiger partial charge < -0.3 is 0 Å². The first kappa shape index (κ1) is 8.61. The van der Waals surface area contributed by atoms with E-state index in [1.807, 2.05) is 22.6 Å². The first-order valence-corrected chi connectivity index (χ1v) is 4.58. The van der Waals surface area contributed by atoms with Crippen LogP contribution in [-0.4, -0.2) is 16.5 Å². The summed E-state index contributed by atoms with van der Waals surface area (Å²) in [7, 11) is 0. The molecule has 0 unspecified atom stereocenters. The molecule has 2 aromatic rings. The zero-order valence-electron chi connectivity index (χ0n) is 6.34. The summed E-state index contributed by atoms with van der Waals surface area (Å²) >= 11 is 1.96. The average molecular weight is 290 g/mol. The highest BCUT2D eigenvalue weighted by molar-refractivity contribution is 14.1. The van der Waals surface area contributed by atoms with Crippen LogP contribution >= 0.6 is 22.6 Å². The van der Waals surface area contributed by atoms with E-state index in [1.54, 1.807) is 6.07 Å². The van der Waals surface area contributed by atoms with Crippen LogP contribution in [0, 0.1) is 9.52 Å². The van der Waals surface area contributed by atoms with Gasteiger partial charge in [-0.1, -0.05) is 0 Å². The molecule has 0 aliphatic heterocycles. The van der Waals surface area contributed by atoms with Gasteiger partial charge in [0, 0.05) is 5.56 Å². The largest absolute Gasteiger partial charge is 0.298 e. The summed E-state index contributed by atoms with van der Waals surface area (Å²) in [6.07, 6.45) is 0.601. The number of aromatic nitrogens is 2. The van der Waals surface area contributed by atoms with Crippen LogP contribution < -0.4 is 0 Å². The fourth-order valence-corrected chi connectivity index (χ4v) is 1.81. The Kier molecular flexibility index (Phi) is 2.03. The number of aromatic amines is 1. The van der Waals surface area contributed by atoms with Gasteiger partial charge in [-0.2, -0.15) is 5.10 Å². The van der Waals surface area contributed by atoms with Gasteiger partial charge in [0.1, 0.15) is 15.8 Å². The molecular weight excluding hydrogens is 286 g/mol. The first-order chi connectivity index (χ1) is 6.22. The average Bonchev–Trinajstić information content (AvgIpc) is 2.48. The van der Waals surface area contributed by atoms with E-state index >= 15 is 0 Å². The number of rotatable bonds is 1. The van der Waals surface area contributed by atoms with E-state index in [1.165, 1.54) is 6.07 Å². The van der Waals surface area contributed by atoms with Gasteiger partial charge in [0.05, 0.1) is 10.9 Å². The molecule has 13 heavy (non-hydrogen) atoms. The molecule has 1 N–H and O–H groups in total. The highest BCUT2D eigenvalue weighted by atomic mass is 127. The van der Waals surface area contributed by atoms with Gasteiger partial charge >= 0.3 is 0 Å². The molecule has 0 fully saturated rings. The summed E-state index contributed by atoms with van der Waals surface area (Å²) in [6.45, 7) is 0. The van der Waals surface area contributed by atoms with Gasteiger partial charge in [0.25, 0.3) is 0 Å². The minimum Gasteiger partial charge on any atom is -0.298 e. The Bertz CT molecular complexity index is 480. The maximum atomic E-state index is 13.3. The molecule has 0 aliphatic carbocycles. The molecule has 1 aromatic heterocycles. The second-order valence-electron chi connectivity index (χ2n) is 2.55. The monoisotopic (exact) mass is 290 g/mol. The molecule has 5 heteroatoms. The van der Waals surface area contributed by atoms with Crippen molar-refractivity contribution < 1.29 is 9.18 Å². The number of hydrogen-bond donors (Lipinski definition) is 1. The Morgan fingerprint density at radius 2 is 2.31 bits per heavy atom. The van der Waals surface area contributed by atoms with Crippen LogP contribution in [0.3, 0.4) is 0 Å². The van der Waals surface area contributed by atoms with Crippen molar-refractivity contribution in [3.05, 3.63) is 27.2 Å². The second kappa shape index (κ2) is 3.06. The molecule has 3 nitrogen and oxygen atoms in total. The van der Waals surface area contributed by atoms with E-state index in [2.05, 4.69) is 10.2 Å². The zero-order valence-corrected chi connectivity index (χ0v) is 8.50. The van der Waals surface area contributed by atoms with Crippen LogP contribution in [0.5, 0.6) is 0 Å². The lowest BCUT2D eigenvalue weighted by Crippen LogP contribution is -1.84.